The van der Waals surface area contributed by atoms with E-state index in [1.807, 2.05) is 32.2 Å². The average molecular weight is 400 g/mol. The summed E-state index contributed by atoms with van der Waals surface area (Å²) in [6.45, 7) is 13.0. The van der Waals surface area contributed by atoms with Crippen molar-refractivity contribution in [2.24, 2.45) is 5.73 Å². The van der Waals surface area contributed by atoms with Gasteiger partial charge in [0.15, 0.2) is 0 Å². The number of rotatable bonds is 5. The molecule has 0 aliphatic carbocycles. The first-order valence-corrected chi connectivity index (χ1v) is 10.7. The predicted molar refractivity (Wildman–Crippen MR) is 121 cm³/mol. The van der Waals surface area contributed by atoms with E-state index in [1.54, 1.807) is 11.3 Å². The number of hydrogen-bond donors (Lipinski definition) is 3. The Morgan fingerprint density at radius 2 is 1.86 bits per heavy atom. The van der Waals surface area contributed by atoms with Gasteiger partial charge in [-0.2, -0.15) is 0 Å². The molecule has 0 spiro atoms. The Labute approximate surface area is 172 Å². The van der Waals surface area contributed by atoms with Crippen molar-refractivity contribution in [2.45, 2.75) is 77.0 Å². The molecule has 28 heavy (non-hydrogen) atoms. The second-order valence-electron chi connectivity index (χ2n) is 9.76. The van der Waals surface area contributed by atoms with Crippen molar-refractivity contribution in [2.75, 3.05) is 5.32 Å². The number of aromatic nitrogens is 2. The molecule has 0 amide bonds. The maximum absolute atomic E-state index is 6.03. The van der Waals surface area contributed by atoms with Gasteiger partial charge in [-0.05, 0) is 78.7 Å². The zero-order valence-electron chi connectivity index (χ0n) is 17.8. The Morgan fingerprint density at radius 1 is 1.18 bits per heavy atom. The van der Waals surface area contributed by atoms with Gasteiger partial charge in [-0.15, -0.1) is 11.3 Å². The smallest absolute Gasteiger partial charge is 0.223 e. The van der Waals surface area contributed by atoms with Crippen LogP contribution in [0.2, 0.25) is 0 Å². The number of anilines is 1. The van der Waals surface area contributed by atoms with Crippen LogP contribution < -0.4 is 16.4 Å². The van der Waals surface area contributed by atoms with Gasteiger partial charge in [0.05, 0.1) is 10.6 Å². The van der Waals surface area contributed by atoms with Crippen molar-refractivity contribution in [3.63, 3.8) is 0 Å². The molecule has 1 aliphatic rings. The summed E-state index contributed by atoms with van der Waals surface area (Å²) in [5.41, 5.74) is 6.84. The van der Waals surface area contributed by atoms with Crippen molar-refractivity contribution in [1.82, 2.24) is 15.3 Å². The monoisotopic (exact) mass is 399 g/mol. The number of piperidine rings is 1. The fourth-order valence-electron chi connectivity index (χ4n) is 4.05. The van der Waals surface area contributed by atoms with E-state index in [-0.39, 0.29) is 16.6 Å². The lowest BCUT2D eigenvalue weighted by Crippen LogP contribution is -2.60. The molecule has 1 saturated heterocycles. The molecule has 0 aromatic carbocycles. The molecule has 2 aromatic rings. The number of thiophene rings is 1. The van der Waals surface area contributed by atoms with E-state index in [4.69, 9.17) is 10.7 Å². The Balaban J connectivity index is 1.74. The van der Waals surface area contributed by atoms with Crippen molar-refractivity contribution >= 4 is 23.4 Å². The number of nitrogens with two attached hydrogens (primary N) is 1. The minimum Gasteiger partial charge on any atom is -0.351 e. The van der Waals surface area contributed by atoms with E-state index in [0.717, 1.165) is 23.4 Å². The normalized spacial score (nSPS) is 19.8. The fraction of sp³-hybridized carbons (Fsp3) is 0.545. The van der Waals surface area contributed by atoms with Crippen LogP contribution >= 0.6 is 11.3 Å². The topological polar surface area (TPSA) is 75.9 Å². The van der Waals surface area contributed by atoms with E-state index >= 15 is 0 Å². The Bertz CT molecular complexity index is 829. The SMILES string of the molecule is CC(C)(N)/C=C/c1ccc(-c2ccnc(NC3CC(C)(C)NC(C)(C)C3)n2)s1. The standard InChI is InChI=1S/C22H33N5S/c1-20(2,23)11-9-16-7-8-18(28-16)17-10-12-24-19(26-17)25-15-13-21(3,4)27-22(5,6)14-15/h7-12,15,27H,13-14,23H2,1-6H3,(H,24,25,26)/b11-9+. The molecular weight excluding hydrogens is 366 g/mol. The molecule has 5 nitrogen and oxygen atoms in total. The number of hydrogen-bond acceptors (Lipinski definition) is 6. The van der Waals surface area contributed by atoms with Gasteiger partial charge in [-0.1, -0.05) is 6.08 Å². The lowest BCUT2D eigenvalue weighted by Gasteiger charge is -2.46. The van der Waals surface area contributed by atoms with Crippen LogP contribution in [0.5, 0.6) is 0 Å². The molecule has 152 valence electrons. The first-order chi connectivity index (χ1) is 12.9. The molecule has 3 heterocycles. The van der Waals surface area contributed by atoms with E-state index in [0.29, 0.717) is 12.0 Å². The van der Waals surface area contributed by atoms with Crippen LogP contribution in [0.4, 0.5) is 5.95 Å². The van der Waals surface area contributed by atoms with Crippen LogP contribution in [0.25, 0.3) is 16.6 Å². The molecule has 1 fully saturated rings. The van der Waals surface area contributed by atoms with Gasteiger partial charge in [0, 0.05) is 33.7 Å². The van der Waals surface area contributed by atoms with Gasteiger partial charge >= 0.3 is 0 Å². The minimum atomic E-state index is -0.313. The van der Waals surface area contributed by atoms with Crippen LogP contribution in [0, 0.1) is 0 Å². The summed E-state index contributed by atoms with van der Waals surface area (Å²) in [4.78, 5) is 11.5. The van der Waals surface area contributed by atoms with Crippen LogP contribution in [-0.2, 0) is 0 Å². The summed E-state index contributed by atoms with van der Waals surface area (Å²) in [6.07, 6.45) is 8.00. The van der Waals surface area contributed by atoms with Gasteiger partial charge in [0.25, 0.3) is 0 Å². The second-order valence-corrected chi connectivity index (χ2v) is 10.9. The highest BCUT2D eigenvalue weighted by Crippen LogP contribution is 2.31. The highest BCUT2D eigenvalue weighted by Gasteiger charge is 2.37. The van der Waals surface area contributed by atoms with E-state index < -0.39 is 0 Å². The summed E-state index contributed by atoms with van der Waals surface area (Å²) < 4.78 is 0. The van der Waals surface area contributed by atoms with Crippen molar-refractivity contribution in [1.29, 1.82) is 0 Å². The fourth-order valence-corrected chi connectivity index (χ4v) is 4.93. The minimum absolute atomic E-state index is 0.0861. The van der Waals surface area contributed by atoms with Crippen LogP contribution in [0.1, 0.15) is 59.3 Å². The van der Waals surface area contributed by atoms with Crippen LogP contribution in [0.15, 0.2) is 30.5 Å². The van der Waals surface area contributed by atoms with Crippen molar-refractivity contribution in [3.05, 3.63) is 35.3 Å². The third kappa shape index (κ3) is 5.87. The molecule has 0 radical (unpaired) electrons. The highest BCUT2D eigenvalue weighted by molar-refractivity contribution is 7.16. The second kappa shape index (κ2) is 7.58. The zero-order chi connectivity index (χ0) is 20.6. The zero-order valence-corrected chi connectivity index (χ0v) is 18.7. The first-order valence-electron chi connectivity index (χ1n) is 9.88. The molecule has 0 atom stereocenters. The summed E-state index contributed by atoms with van der Waals surface area (Å²) in [5, 5.41) is 7.28. The summed E-state index contributed by atoms with van der Waals surface area (Å²) in [5.74, 6) is 0.699. The van der Waals surface area contributed by atoms with Crippen molar-refractivity contribution in [3.8, 4) is 10.6 Å². The molecule has 6 heteroatoms. The molecule has 2 aromatic heterocycles. The maximum Gasteiger partial charge on any atom is 0.223 e. The molecular formula is C22H33N5S. The largest absolute Gasteiger partial charge is 0.351 e. The average Bonchev–Trinajstić information content (AvgIpc) is 2.98. The van der Waals surface area contributed by atoms with Gasteiger partial charge < -0.3 is 16.4 Å². The Hall–Kier alpha value is -1.76. The highest BCUT2D eigenvalue weighted by atomic mass is 32.1. The molecule has 1 aliphatic heterocycles. The summed E-state index contributed by atoms with van der Waals surface area (Å²) >= 11 is 1.71. The van der Waals surface area contributed by atoms with Gasteiger partial charge in [-0.3, -0.25) is 0 Å². The first kappa shape index (κ1) is 21.0. The third-order valence-corrected chi connectivity index (χ3v) is 5.81. The van der Waals surface area contributed by atoms with Gasteiger partial charge in [0.2, 0.25) is 5.95 Å². The predicted octanol–water partition coefficient (Wildman–Crippen LogP) is 4.68. The van der Waals surface area contributed by atoms with Gasteiger partial charge in [0.1, 0.15) is 0 Å². The van der Waals surface area contributed by atoms with E-state index in [9.17, 15) is 0 Å². The maximum atomic E-state index is 6.03. The summed E-state index contributed by atoms with van der Waals surface area (Å²) in [6, 6.07) is 6.52. The van der Waals surface area contributed by atoms with Crippen LogP contribution in [0.3, 0.4) is 0 Å². The number of nitrogens with zero attached hydrogens (tertiary/aromatic N) is 2. The van der Waals surface area contributed by atoms with Crippen molar-refractivity contribution < 1.29 is 0 Å². The van der Waals surface area contributed by atoms with E-state index in [1.165, 1.54) is 4.88 Å². The van der Waals surface area contributed by atoms with Gasteiger partial charge in [-0.25, -0.2) is 9.97 Å². The number of nitrogens with one attached hydrogen (secondary N) is 2. The lowest BCUT2D eigenvalue weighted by atomic mass is 9.80. The van der Waals surface area contributed by atoms with E-state index in [2.05, 4.69) is 61.5 Å². The Morgan fingerprint density at radius 3 is 2.50 bits per heavy atom. The molecule has 4 N–H and O–H groups in total. The third-order valence-electron chi connectivity index (χ3n) is 4.74. The Kier molecular flexibility index (Phi) is 5.67. The molecule has 0 saturated carbocycles. The summed E-state index contributed by atoms with van der Waals surface area (Å²) in [7, 11) is 0. The van der Waals surface area contributed by atoms with Crippen LogP contribution in [-0.4, -0.2) is 32.6 Å². The quantitative estimate of drug-likeness (QED) is 0.681. The lowest BCUT2D eigenvalue weighted by molar-refractivity contribution is 0.170. The molecule has 0 unspecified atom stereocenters. The molecule has 3 rings (SSSR count). The molecule has 0 bridgehead atoms.